The molecule has 0 fully saturated rings. The molecule has 0 bridgehead atoms. The van der Waals surface area contributed by atoms with Crippen LogP contribution in [0.5, 0.6) is 0 Å². The standard InChI is InChI=1S/C6H9F3N4O/c1-13(3-2-6(7,8)9)5-12-11-4(10)14-5/h2-3H2,1H3,(H2,10,11). The van der Waals surface area contributed by atoms with Gasteiger partial charge in [-0.2, -0.15) is 13.2 Å². The number of aromatic nitrogens is 2. The minimum absolute atomic E-state index is 0.0215. The van der Waals surface area contributed by atoms with Crippen molar-refractivity contribution in [3.63, 3.8) is 0 Å². The summed E-state index contributed by atoms with van der Waals surface area (Å²) in [6.07, 6.45) is -5.13. The van der Waals surface area contributed by atoms with Gasteiger partial charge >= 0.3 is 18.2 Å². The number of nitrogens with two attached hydrogens (primary N) is 1. The van der Waals surface area contributed by atoms with Gasteiger partial charge in [-0.3, -0.25) is 0 Å². The van der Waals surface area contributed by atoms with Crippen LogP contribution in [0.4, 0.5) is 25.2 Å². The Balaban J connectivity index is 2.47. The van der Waals surface area contributed by atoms with Gasteiger partial charge < -0.3 is 15.1 Å². The number of hydrogen-bond acceptors (Lipinski definition) is 5. The largest absolute Gasteiger partial charge is 0.390 e. The first-order valence-electron chi connectivity index (χ1n) is 3.75. The van der Waals surface area contributed by atoms with Gasteiger partial charge in [0.05, 0.1) is 6.42 Å². The molecule has 0 unspecified atom stereocenters. The lowest BCUT2D eigenvalue weighted by atomic mass is 10.4. The molecule has 0 aromatic carbocycles. The van der Waals surface area contributed by atoms with Crippen LogP contribution in [-0.2, 0) is 0 Å². The fourth-order valence-electron chi connectivity index (χ4n) is 0.771. The smallest absolute Gasteiger partial charge is 0.390 e. The topological polar surface area (TPSA) is 68.2 Å². The lowest BCUT2D eigenvalue weighted by Crippen LogP contribution is -2.24. The van der Waals surface area contributed by atoms with Gasteiger partial charge in [0.25, 0.3) is 0 Å². The van der Waals surface area contributed by atoms with Crippen LogP contribution >= 0.6 is 0 Å². The molecule has 0 aliphatic rings. The Morgan fingerprint density at radius 2 is 2.07 bits per heavy atom. The van der Waals surface area contributed by atoms with Crippen LogP contribution < -0.4 is 10.6 Å². The maximum Gasteiger partial charge on any atom is 0.390 e. The average molecular weight is 210 g/mol. The van der Waals surface area contributed by atoms with Gasteiger partial charge in [0, 0.05) is 13.6 Å². The highest BCUT2D eigenvalue weighted by atomic mass is 19.4. The van der Waals surface area contributed by atoms with Crippen molar-refractivity contribution in [3.05, 3.63) is 0 Å². The predicted molar refractivity (Wildman–Crippen MR) is 42.7 cm³/mol. The lowest BCUT2D eigenvalue weighted by molar-refractivity contribution is -0.132. The third-order valence-electron chi connectivity index (χ3n) is 1.49. The molecule has 0 aliphatic carbocycles. The van der Waals surface area contributed by atoms with Gasteiger partial charge in [0.1, 0.15) is 0 Å². The van der Waals surface area contributed by atoms with Crippen LogP contribution in [-0.4, -0.2) is 30.0 Å². The van der Waals surface area contributed by atoms with E-state index in [2.05, 4.69) is 10.2 Å². The van der Waals surface area contributed by atoms with Crippen molar-refractivity contribution in [2.24, 2.45) is 0 Å². The Morgan fingerprint density at radius 1 is 1.43 bits per heavy atom. The summed E-state index contributed by atoms with van der Waals surface area (Å²) in [5.41, 5.74) is 5.11. The Morgan fingerprint density at radius 3 is 2.50 bits per heavy atom. The minimum atomic E-state index is -4.19. The zero-order valence-corrected chi connectivity index (χ0v) is 7.38. The minimum Gasteiger partial charge on any atom is -0.390 e. The van der Waals surface area contributed by atoms with E-state index < -0.39 is 12.6 Å². The van der Waals surface area contributed by atoms with Gasteiger partial charge in [0.15, 0.2) is 0 Å². The van der Waals surface area contributed by atoms with Crippen molar-refractivity contribution in [1.29, 1.82) is 0 Å². The predicted octanol–water partition coefficient (Wildman–Crippen LogP) is 1.04. The number of hydrogen-bond donors (Lipinski definition) is 1. The van der Waals surface area contributed by atoms with Crippen molar-refractivity contribution in [3.8, 4) is 0 Å². The third kappa shape index (κ3) is 3.11. The quantitative estimate of drug-likeness (QED) is 0.807. The fraction of sp³-hybridized carbons (Fsp3) is 0.667. The summed E-state index contributed by atoms with van der Waals surface area (Å²) in [4.78, 5) is 1.19. The summed E-state index contributed by atoms with van der Waals surface area (Å²) in [6.45, 7) is -0.245. The summed E-state index contributed by atoms with van der Waals surface area (Å²) in [5, 5.41) is 6.75. The fourth-order valence-corrected chi connectivity index (χ4v) is 0.771. The van der Waals surface area contributed by atoms with E-state index >= 15 is 0 Å². The summed E-state index contributed by atoms with van der Waals surface area (Å²) >= 11 is 0. The maximum atomic E-state index is 11.8. The van der Waals surface area contributed by atoms with E-state index in [1.54, 1.807) is 0 Å². The molecule has 0 saturated heterocycles. The SMILES string of the molecule is CN(CCC(F)(F)F)c1nnc(N)o1. The number of nitrogen functional groups attached to an aromatic ring is 1. The molecule has 14 heavy (non-hydrogen) atoms. The van der Waals surface area contributed by atoms with E-state index in [1.807, 2.05) is 0 Å². The second-order valence-corrected chi connectivity index (χ2v) is 2.71. The number of nitrogens with zero attached hydrogens (tertiary/aromatic N) is 3. The van der Waals surface area contributed by atoms with Crippen LogP contribution in [0, 0.1) is 0 Å². The normalized spacial score (nSPS) is 11.7. The van der Waals surface area contributed by atoms with Crippen LogP contribution in [0.15, 0.2) is 4.42 Å². The van der Waals surface area contributed by atoms with Gasteiger partial charge in [0.2, 0.25) is 0 Å². The maximum absolute atomic E-state index is 11.8. The average Bonchev–Trinajstić information content (AvgIpc) is 2.46. The molecule has 0 atom stereocenters. The first-order valence-corrected chi connectivity index (χ1v) is 3.75. The molecule has 0 spiro atoms. The summed E-state index contributed by atoms with van der Waals surface area (Å²) < 4.78 is 40.2. The molecule has 1 rings (SSSR count). The molecule has 5 nitrogen and oxygen atoms in total. The first-order chi connectivity index (χ1) is 6.38. The number of alkyl halides is 3. The van der Waals surface area contributed by atoms with E-state index in [0.717, 1.165) is 0 Å². The van der Waals surface area contributed by atoms with E-state index in [-0.39, 0.29) is 18.6 Å². The molecule has 0 aliphatic heterocycles. The summed E-state index contributed by atoms with van der Waals surface area (Å²) in [5.74, 6) is 0. The Bertz CT molecular complexity index is 298. The monoisotopic (exact) mass is 210 g/mol. The van der Waals surface area contributed by atoms with Crippen LogP contribution in [0.25, 0.3) is 0 Å². The van der Waals surface area contributed by atoms with E-state index in [4.69, 9.17) is 10.2 Å². The molecule has 80 valence electrons. The summed E-state index contributed by atoms with van der Waals surface area (Å²) in [6, 6.07) is -0.189. The molecular weight excluding hydrogens is 201 g/mol. The molecular formula is C6H9F3N4O. The van der Waals surface area contributed by atoms with Crippen LogP contribution in [0.2, 0.25) is 0 Å². The van der Waals surface area contributed by atoms with Crippen molar-refractivity contribution in [1.82, 2.24) is 10.2 Å². The van der Waals surface area contributed by atoms with Gasteiger partial charge in [-0.05, 0) is 0 Å². The molecule has 0 amide bonds. The summed E-state index contributed by atoms with van der Waals surface area (Å²) in [7, 11) is 1.42. The molecule has 1 heterocycles. The highest BCUT2D eigenvalue weighted by Crippen LogP contribution is 2.21. The zero-order chi connectivity index (χ0) is 10.8. The van der Waals surface area contributed by atoms with Crippen molar-refractivity contribution >= 4 is 12.0 Å². The van der Waals surface area contributed by atoms with Crippen molar-refractivity contribution in [2.75, 3.05) is 24.2 Å². The number of anilines is 2. The second-order valence-electron chi connectivity index (χ2n) is 2.71. The molecule has 0 radical (unpaired) electrons. The van der Waals surface area contributed by atoms with E-state index in [9.17, 15) is 13.2 Å². The molecule has 1 aromatic heterocycles. The second kappa shape index (κ2) is 3.72. The van der Waals surface area contributed by atoms with Crippen LogP contribution in [0.1, 0.15) is 6.42 Å². The zero-order valence-electron chi connectivity index (χ0n) is 7.38. The lowest BCUT2D eigenvalue weighted by Gasteiger charge is -2.14. The Hall–Kier alpha value is -1.47. The third-order valence-corrected chi connectivity index (χ3v) is 1.49. The molecule has 8 heteroatoms. The Kier molecular flexibility index (Phi) is 2.82. The molecule has 1 aromatic rings. The van der Waals surface area contributed by atoms with E-state index in [1.165, 1.54) is 11.9 Å². The van der Waals surface area contributed by atoms with Gasteiger partial charge in [-0.1, -0.05) is 10.2 Å². The first kappa shape index (κ1) is 10.6. The van der Waals surface area contributed by atoms with E-state index in [0.29, 0.717) is 0 Å². The van der Waals surface area contributed by atoms with Crippen molar-refractivity contribution in [2.45, 2.75) is 12.6 Å². The number of rotatable bonds is 3. The number of halogens is 3. The Labute approximate surface area is 77.7 Å². The molecule has 0 saturated carbocycles. The van der Waals surface area contributed by atoms with Gasteiger partial charge in [-0.25, -0.2) is 0 Å². The van der Waals surface area contributed by atoms with Crippen molar-refractivity contribution < 1.29 is 17.6 Å². The highest BCUT2D eigenvalue weighted by molar-refractivity contribution is 5.25. The highest BCUT2D eigenvalue weighted by Gasteiger charge is 2.27. The van der Waals surface area contributed by atoms with Crippen LogP contribution in [0.3, 0.4) is 0 Å². The van der Waals surface area contributed by atoms with Gasteiger partial charge in [-0.15, -0.1) is 0 Å². The molecule has 2 N–H and O–H groups in total.